The van der Waals surface area contributed by atoms with Crippen molar-refractivity contribution in [2.24, 2.45) is 5.73 Å². The minimum Gasteiger partial charge on any atom is -0.594 e. The van der Waals surface area contributed by atoms with Gasteiger partial charge < -0.3 is 10.9 Å². The van der Waals surface area contributed by atoms with Gasteiger partial charge in [-0.3, -0.25) is 0 Å². The number of halogens is 1. The second-order valence-corrected chi connectivity index (χ2v) is 2.45. The summed E-state index contributed by atoms with van der Waals surface area (Å²) in [6.45, 7) is 0.436. The van der Waals surface area contributed by atoms with E-state index in [1.54, 1.807) is 12.1 Å². The maximum atomic E-state index is 10.9. The van der Waals surface area contributed by atoms with Crippen molar-refractivity contribution in [2.45, 2.75) is 6.42 Å². The van der Waals surface area contributed by atoms with E-state index < -0.39 is 0 Å². The highest BCUT2D eigenvalue weighted by Crippen LogP contribution is 2.00. The van der Waals surface area contributed by atoms with Crippen LogP contribution in [0.3, 0.4) is 0 Å². The standard InChI is InChI=1S/C6H8ClN3O/c7-6-2-1-5(3-4-8)10(11)9-6/h1-2H,3-4,8H2. The van der Waals surface area contributed by atoms with Gasteiger partial charge in [-0.1, -0.05) is 16.4 Å². The van der Waals surface area contributed by atoms with Gasteiger partial charge in [0, 0.05) is 24.1 Å². The molecule has 0 aliphatic carbocycles. The zero-order chi connectivity index (χ0) is 8.27. The molecule has 0 fully saturated rings. The van der Waals surface area contributed by atoms with Crippen molar-refractivity contribution in [1.82, 2.24) is 5.10 Å². The summed E-state index contributed by atoms with van der Waals surface area (Å²) in [4.78, 5) is 0.495. The van der Waals surface area contributed by atoms with E-state index in [0.29, 0.717) is 23.5 Å². The van der Waals surface area contributed by atoms with Gasteiger partial charge in [-0.25, -0.2) is 0 Å². The Hall–Kier alpha value is -0.870. The molecule has 1 rings (SSSR count). The van der Waals surface area contributed by atoms with Gasteiger partial charge in [0.1, 0.15) is 0 Å². The van der Waals surface area contributed by atoms with Gasteiger partial charge in [-0.15, -0.1) is 0 Å². The number of rotatable bonds is 2. The van der Waals surface area contributed by atoms with Crippen molar-refractivity contribution in [3.05, 3.63) is 28.2 Å². The lowest BCUT2D eigenvalue weighted by atomic mass is 10.3. The summed E-state index contributed by atoms with van der Waals surface area (Å²) in [5.41, 5.74) is 5.79. The highest BCUT2D eigenvalue weighted by molar-refractivity contribution is 6.29. The lowest BCUT2D eigenvalue weighted by Crippen LogP contribution is -2.37. The summed E-state index contributed by atoms with van der Waals surface area (Å²) >= 11 is 5.45. The second-order valence-electron chi connectivity index (χ2n) is 2.06. The van der Waals surface area contributed by atoms with Crippen molar-refractivity contribution in [3.63, 3.8) is 0 Å². The Morgan fingerprint density at radius 3 is 2.91 bits per heavy atom. The molecule has 0 radical (unpaired) electrons. The van der Waals surface area contributed by atoms with Gasteiger partial charge in [0.05, 0.1) is 0 Å². The third kappa shape index (κ3) is 2.03. The van der Waals surface area contributed by atoms with E-state index in [4.69, 9.17) is 17.3 Å². The van der Waals surface area contributed by atoms with Crippen LogP contribution in [-0.2, 0) is 6.42 Å². The molecule has 0 amide bonds. The summed E-state index contributed by atoms with van der Waals surface area (Å²) in [7, 11) is 0. The molecule has 11 heavy (non-hydrogen) atoms. The molecule has 2 N–H and O–H groups in total. The molecule has 60 valence electrons. The second kappa shape index (κ2) is 3.50. The van der Waals surface area contributed by atoms with Crippen molar-refractivity contribution >= 4 is 11.6 Å². The monoisotopic (exact) mass is 173 g/mol. The fourth-order valence-corrected chi connectivity index (χ4v) is 0.872. The highest BCUT2D eigenvalue weighted by Gasteiger charge is 2.05. The minimum atomic E-state index is 0.195. The van der Waals surface area contributed by atoms with Crippen molar-refractivity contribution in [2.75, 3.05) is 6.54 Å². The molecule has 0 aliphatic rings. The van der Waals surface area contributed by atoms with E-state index >= 15 is 0 Å². The maximum Gasteiger partial charge on any atom is 0.223 e. The lowest BCUT2D eigenvalue weighted by molar-refractivity contribution is -0.676. The molecule has 0 spiro atoms. The smallest absolute Gasteiger partial charge is 0.223 e. The van der Waals surface area contributed by atoms with Crippen LogP contribution in [0.5, 0.6) is 0 Å². The van der Waals surface area contributed by atoms with E-state index in [-0.39, 0.29) is 5.15 Å². The lowest BCUT2D eigenvalue weighted by Gasteiger charge is -1.98. The first-order chi connectivity index (χ1) is 5.24. The van der Waals surface area contributed by atoms with Gasteiger partial charge in [-0.05, 0) is 6.07 Å². The summed E-state index contributed by atoms with van der Waals surface area (Å²) in [6, 6.07) is 3.19. The number of hydrogen-bond donors (Lipinski definition) is 1. The first kappa shape index (κ1) is 8.23. The fourth-order valence-electron chi connectivity index (χ4n) is 0.740. The van der Waals surface area contributed by atoms with Crippen molar-refractivity contribution in [3.8, 4) is 0 Å². The number of nitrogens with two attached hydrogens (primary N) is 1. The zero-order valence-electron chi connectivity index (χ0n) is 5.83. The normalized spacial score (nSPS) is 10.0. The average molecular weight is 174 g/mol. The summed E-state index contributed by atoms with van der Waals surface area (Å²) in [5, 5.41) is 14.6. The van der Waals surface area contributed by atoms with E-state index in [0.717, 1.165) is 0 Å². The predicted octanol–water partition coefficient (Wildman–Crippen LogP) is -0.130. The van der Waals surface area contributed by atoms with Crippen molar-refractivity contribution in [1.29, 1.82) is 0 Å². The molecule has 1 heterocycles. The quantitative estimate of drug-likeness (QED) is 0.501. The van der Waals surface area contributed by atoms with Crippen LogP contribution in [0.1, 0.15) is 5.69 Å². The molecule has 0 aromatic carbocycles. The fraction of sp³-hybridized carbons (Fsp3) is 0.333. The van der Waals surface area contributed by atoms with Crippen LogP contribution in [0.4, 0.5) is 0 Å². The van der Waals surface area contributed by atoms with Gasteiger partial charge >= 0.3 is 0 Å². The first-order valence-corrected chi connectivity index (χ1v) is 3.57. The molecule has 0 saturated heterocycles. The molecular weight excluding hydrogens is 166 g/mol. The third-order valence-corrected chi connectivity index (χ3v) is 1.45. The highest BCUT2D eigenvalue weighted by atomic mass is 35.5. The Labute approximate surface area is 69.2 Å². The largest absolute Gasteiger partial charge is 0.594 e. The summed E-state index contributed by atoms with van der Waals surface area (Å²) in [6.07, 6.45) is 0.521. The molecule has 0 atom stereocenters. The van der Waals surface area contributed by atoms with Crippen LogP contribution >= 0.6 is 11.6 Å². The SMILES string of the molecule is NCCc1ccc(Cl)n[n+]1[O-]. The molecule has 5 heteroatoms. The first-order valence-electron chi connectivity index (χ1n) is 3.19. The molecule has 1 aromatic rings. The van der Waals surface area contributed by atoms with E-state index in [1.807, 2.05) is 0 Å². The molecule has 1 aromatic heterocycles. The molecular formula is C6H8ClN3O. The van der Waals surface area contributed by atoms with E-state index in [1.165, 1.54) is 0 Å². The number of aromatic nitrogens is 2. The third-order valence-electron chi connectivity index (χ3n) is 1.25. The predicted molar refractivity (Wildman–Crippen MR) is 41.0 cm³/mol. The molecule has 0 saturated carbocycles. The van der Waals surface area contributed by atoms with Crippen molar-refractivity contribution < 1.29 is 4.85 Å². The molecule has 0 bridgehead atoms. The van der Waals surface area contributed by atoms with Crippen LogP contribution < -0.4 is 10.6 Å². The van der Waals surface area contributed by atoms with Gasteiger partial charge in [-0.2, -0.15) is 0 Å². The Balaban J connectivity index is 2.90. The molecule has 0 unspecified atom stereocenters. The van der Waals surface area contributed by atoms with Crippen LogP contribution in [0.2, 0.25) is 5.15 Å². The van der Waals surface area contributed by atoms with Gasteiger partial charge in [0.25, 0.3) is 0 Å². The van der Waals surface area contributed by atoms with E-state index in [9.17, 15) is 5.21 Å². The maximum absolute atomic E-state index is 10.9. The Kier molecular flexibility index (Phi) is 2.62. The Bertz CT molecular complexity index is 254. The Morgan fingerprint density at radius 2 is 2.36 bits per heavy atom. The average Bonchev–Trinajstić information content (AvgIpc) is 1.95. The van der Waals surface area contributed by atoms with Crippen LogP contribution in [-0.4, -0.2) is 11.6 Å². The van der Waals surface area contributed by atoms with Crippen LogP contribution in [0.15, 0.2) is 12.1 Å². The zero-order valence-corrected chi connectivity index (χ0v) is 6.58. The Morgan fingerprint density at radius 1 is 1.64 bits per heavy atom. The van der Waals surface area contributed by atoms with Crippen LogP contribution in [0.25, 0.3) is 0 Å². The molecule has 0 aliphatic heterocycles. The number of hydrogen-bond acceptors (Lipinski definition) is 3. The molecule has 4 nitrogen and oxygen atoms in total. The summed E-state index contributed by atoms with van der Waals surface area (Å²) < 4.78 is 0. The summed E-state index contributed by atoms with van der Waals surface area (Å²) in [5.74, 6) is 0. The van der Waals surface area contributed by atoms with Gasteiger partial charge in [0.15, 0.2) is 5.15 Å². The number of nitrogens with zero attached hydrogens (tertiary/aromatic N) is 2. The minimum absolute atomic E-state index is 0.195. The topological polar surface area (TPSA) is 65.8 Å². The van der Waals surface area contributed by atoms with Crippen LogP contribution in [0, 0.1) is 5.21 Å². The van der Waals surface area contributed by atoms with E-state index in [2.05, 4.69) is 5.10 Å². The van der Waals surface area contributed by atoms with Gasteiger partial charge in [0.2, 0.25) is 5.69 Å².